The monoisotopic (exact) mass is 409 g/mol. The summed E-state index contributed by atoms with van der Waals surface area (Å²) < 4.78 is 5.68. The number of aromatic nitrogens is 2. The van der Waals surface area contributed by atoms with Gasteiger partial charge in [-0.2, -0.15) is 5.26 Å². The van der Waals surface area contributed by atoms with Crippen molar-refractivity contribution in [2.75, 3.05) is 5.32 Å². The molecule has 1 aromatic carbocycles. The van der Waals surface area contributed by atoms with E-state index in [0.29, 0.717) is 22.9 Å². The van der Waals surface area contributed by atoms with E-state index in [9.17, 15) is 20.2 Å². The Bertz CT molecular complexity index is 1160. The third-order valence-electron chi connectivity index (χ3n) is 3.97. The van der Waals surface area contributed by atoms with E-state index in [-0.39, 0.29) is 17.0 Å². The van der Waals surface area contributed by atoms with E-state index in [0.717, 1.165) is 10.6 Å². The molecule has 0 radical (unpaired) electrons. The van der Waals surface area contributed by atoms with Crippen molar-refractivity contribution in [3.63, 3.8) is 0 Å². The fraction of sp³-hybridized carbons (Fsp3) is 0.158. The minimum atomic E-state index is -0.629. The second kappa shape index (κ2) is 8.45. The molecule has 2 aromatic heterocycles. The molecule has 10 heteroatoms. The number of aryl methyl sites for hydroxylation is 2. The number of nitro groups is 1. The quantitative estimate of drug-likeness (QED) is 0.280. The van der Waals surface area contributed by atoms with Crippen LogP contribution >= 0.6 is 11.3 Å². The minimum Gasteiger partial charge on any atom is -0.457 e. The summed E-state index contributed by atoms with van der Waals surface area (Å²) in [4.78, 5) is 22.8. The van der Waals surface area contributed by atoms with Gasteiger partial charge < -0.3 is 4.42 Å². The molecule has 0 aliphatic heterocycles. The average Bonchev–Trinajstić information content (AvgIpc) is 3.35. The second-order valence-corrected chi connectivity index (χ2v) is 7.00. The molecule has 0 saturated carbocycles. The molecule has 0 unspecified atom stereocenters. The van der Waals surface area contributed by atoms with Gasteiger partial charge in [-0.05, 0) is 31.0 Å². The number of hydrogen-bond acceptors (Lipinski definition) is 8. The van der Waals surface area contributed by atoms with Gasteiger partial charge in [-0.1, -0.05) is 24.3 Å². The number of non-ortho nitro benzene ring substituents is 1. The summed E-state index contributed by atoms with van der Waals surface area (Å²) in [5, 5.41) is 31.7. The molecular formula is C19H15N5O4S. The first kappa shape index (κ1) is 19.9. The van der Waals surface area contributed by atoms with Crippen molar-refractivity contribution >= 4 is 34.1 Å². The van der Waals surface area contributed by atoms with Crippen molar-refractivity contribution in [1.82, 2.24) is 10.2 Å². The zero-order valence-corrected chi connectivity index (χ0v) is 16.3. The predicted octanol–water partition coefficient (Wildman–Crippen LogP) is 4.12. The first-order chi connectivity index (χ1) is 13.9. The molecule has 3 rings (SSSR count). The smallest absolute Gasteiger partial charge is 0.270 e. The van der Waals surface area contributed by atoms with Crippen LogP contribution in [-0.2, 0) is 11.2 Å². The molecule has 0 saturated heterocycles. The molecule has 0 bridgehead atoms. The molecular weight excluding hydrogens is 394 g/mol. The standard InChI is InChI=1S/C19H15N5O4S/c1-3-17-22-23-19(29-17)21-18(25)12(10-20)8-14-6-7-16(28-14)15-9-13(24(26)27)5-4-11(15)2/h4-9H,3H2,1-2H3,(H,21,23,25). The maximum atomic E-state index is 12.3. The van der Waals surface area contributed by atoms with Crippen LogP contribution in [0.5, 0.6) is 0 Å². The number of nitrogens with zero attached hydrogens (tertiary/aromatic N) is 4. The fourth-order valence-corrected chi connectivity index (χ4v) is 3.14. The number of amides is 1. The molecule has 3 aromatic rings. The van der Waals surface area contributed by atoms with E-state index in [1.54, 1.807) is 25.1 Å². The van der Waals surface area contributed by atoms with Gasteiger partial charge >= 0.3 is 0 Å². The van der Waals surface area contributed by atoms with Crippen LogP contribution in [0, 0.1) is 28.4 Å². The highest BCUT2D eigenvalue weighted by Gasteiger charge is 2.16. The number of benzene rings is 1. The van der Waals surface area contributed by atoms with E-state index >= 15 is 0 Å². The molecule has 146 valence electrons. The Morgan fingerprint density at radius 2 is 2.17 bits per heavy atom. The van der Waals surface area contributed by atoms with Crippen LogP contribution < -0.4 is 5.32 Å². The number of nitro benzene ring substituents is 1. The lowest BCUT2D eigenvalue weighted by atomic mass is 10.1. The zero-order valence-electron chi connectivity index (χ0n) is 15.5. The molecule has 9 nitrogen and oxygen atoms in total. The van der Waals surface area contributed by atoms with Crippen LogP contribution in [0.25, 0.3) is 17.4 Å². The van der Waals surface area contributed by atoms with Crippen LogP contribution in [0.15, 0.2) is 40.3 Å². The summed E-state index contributed by atoms with van der Waals surface area (Å²) in [5.74, 6) is 0.0340. The highest BCUT2D eigenvalue weighted by Crippen LogP contribution is 2.30. The van der Waals surface area contributed by atoms with E-state index in [4.69, 9.17) is 4.42 Å². The van der Waals surface area contributed by atoms with Gasteiger partial charge in [-0.15, -0.1) is 10.2 Å². The van der Waals surface area contributed by atoms with Gasteiger partial charge in [0.15, 0.2) is 0 Å². The first-order valence-corrected chi connectivity index (χ1v) is 9.33. The Morgan fingerprint density at radius 1 is 1.38 bits per heavy atom. The topological polar surface area (TPSA) is 135 Å². The normalized spacial score (nSPS) is 11.1. The van der Waals surface area contributed by atoms with Gasteiger partial charge in [0, 0.05) is 23.8 Å². The number of carbonyl (C=O) groups is 1. The summed E-state index contributed by atoms with van der Waals surface area (Å²) in [7, 11) is 0. The van der Waals surface area contributed by atoms with Gasteiger partial charge in [-0.25, -0.2) is 0 Å². The molecule has 1 N–H and O–H groups in total. The Hall–Kier alpha value is -3.84. The largest absolute Gasteiger partial charge is 0.457 e. The van der Waals surface area contributed by atoms with Crippen LogP contribution in [0.2, 0.25) is 0 Å². The molecule has 1 amide bonds. The van der Waals surface area contributed by atoms with E-state index in [1.807, 2.05) is 13.0 Å². The minimum absolute atomic E-state index is 0.0558. The summed E-state index contributed by atoms with van der Waals surface area (Å²) in [5.41, 5.74) is 1.12. The maximum absolute atomic E-state index is 12.3. The van der Waals surface area contributed by atoms with Crippen molar-refractivity contribution < 1.29 is 14.1 Å². The number of anilines is 1. The molecule has 0 aliphatic rings. The predicted molar refractivity (Wildman–Crippen MR) is 107 cm³/mol. The number of rotatable bonds is 6. The molecule has 2 heterocycles. The van der Waals surface area contributed by atoms with Crippen LogP contribution in [0.1, 0.15) is 23.3 Å². The summed E-state index contributed by atoms with van der Waals surface area (Å²) in [6, 6.07) is 9.50. The van der Waals surface area contributed by atoms with Crippen LogP contribution in [0.3, 0.4) is 0 Å². The van der Waals surface area contributed by atoms with Crippen molar-refractivity contribution in [1.29, 1.82) is 5.26 Å². The third kappa shape index (κ3) is 4.53. The molecule has 0 aliphatic carbocycles. The summed E-state index contributed by atoms with van der Waals surface area (Å²) >= 11 is 1.23. The van der Waals surface area contributed by atoms with Crippen molar-refractivity contribution in [3.8, 4) is 17.4 Å². The zero-order chi connectivity index (χ0) is 21.0. The molecule has 0 atom stereocenters. The summed E-state index contributed by atoms with van der Waals surface area (Å²) in [6.45, 7) is 3.72. The van der Waals surface area contributed by atoms with Crippen LogP contribution in [0.4, 0.5) is 10.8 Å². The lowest BCUT2D eigenvalue weighted by Gasteiger charge is -2.02. The van der Waals surface area contributed by atoms with Gasteiger partial charge in [0.2, 0.25) is 5.13 Å². The summed E-state index contributed by atoms with van der Waals surface area (Å²) in [6.07, 6.45) is 1.99. The SMILES string of the molecule is CCc1nnc(NC(=O)C(C#N)=Cc2ccc(-c3cc([N+](=O)[O-])ccc3C)o2)s1. The Balaban J connectivity index is 1.84. The van der Waals surface area contributed by atoms with Gasteiger partial charge in [-0.3, -0.25) is 20.2 Å². The van der Waals surface area contributed by atoms with Gasteiger partial charge in [0.05, 0.1) is 4.92 Å². The van der Waals surface area contributed by atoms with E-state index in [2.05, 4.69) is 15.5 Å². The number of carbonyl (C=O) groups excluding carboxylic acids is 1. The van der Waals surface area contributed by atoms with E-state index in [1.165, 1.54) is 29.5 Å². The number of furan rings is 1. The van der Waals surface area contributed by atoms with Gasteiger partial charge in [0.1, 0.15) is 28.2 Å². The van der Waals surface area contributed by atoms with Gasteiger partial charge in [0.25, 0.3) is 11.6 Å². The highest BCUT2D eigenvalue weighted by molar-refractivity contribution is 7.15. The van der Waals surface area contributed by atoms with Crippen molar-refractivity contribution in [3.05, 3.63) is 62.4 Å². The third-order valence-corrected chi connectivity index (χ3v) is 4.95. The van der Waals surface area contributed by atoms with Crippen molar-refractivity contribution in [2.45, 2.75) is 20.3 Å². The Kier molecular flexibility index (Phi) is 5.80. The fourth-order valence-electron chi connectivity index (χ4n) is 2.47. The molecule has 0 fully saturated rings. The lowest BCUT2D eigenvalue weighted by molar-refractivity contribution is -0.384. The number of nitrogens with one attached hydrogen (secondary N) is 1. The molecule has 29 heavy (non-hydrogen) atoms. The van der Waals surface area contributed by atoms with Crippen LogP contribution in [-0.4, -0.2) is 21.0 Å². The second-order valence-electron chi connectivity index (χ2n) is 5.94. The first-order valence-electron chi connectivity index (χ1n) is 8.52. The number of nitriles is 1. The number of hydrogen-bond donors (Lipinski definition) is 1. The average molecular weight is 409 g/mol. The lowest BCUT2D eigenvalue weighted by Crippen LogP contribution is -2.13. The molecule has 0 spiro atoms. The highest BCUT2D eigenvalue weighted by atomic mass is 32.1. The van der Waals surface area contributed by atoms with E-state index < -0.39 is 10.8 Å². The Morgan fingerprint density at radius 3 is 2.83 bits per heavy atom. The van der Waals surface area contributed by atoms with Crippen molar-refractivity contribution in [2.24, 2.45) is 0 Å². The Labute approximate surface area is 169 Å². The maximum Gasteiger partial charge on any atom is 0.270 e.